The molecule has 7 nitrogen and oxygen atoms in total. The minimum atomic E-state index is -0.719. The van der Waals surface area contributed by atoms with Crippen LogP contribution in [-0.2, 0) is 9.53 Å². The molecular weight excluding hydrogens is 360 g/mol. The number of ether oxygens (including phenoxy) is 1. The van der Waals surface area contributed by atoms with Crippen LogP contribution in [0.4, 0.5) is 5.69 Å². The number of nitrogens with one attached hydrogen (secondary N) is 1. The number of esters is 1. The van der Waals surface area contributed by atoms with E-state index in [1.807, 2.05) is 19.1 Å². The Hall–Kier alpha value is -3.48. The second-order valence-corrected chi connectivity index (χ2v) is 6.91. The average Bonchev–Trinajstić information content (AvgIpc) is 3.46. The number of hydrogen-bond donors (Lipinski definition) is 1. The van der Waals surface area contributed by atoms with Gasteiger partial charge in [0.1, 0.15) is 0 Å². The van der Waals surface area contributed by atoms with Crippen molar-refractivity contribution in [2.24, 2.45) is 0 Å². The van der Waals surface area contributed by atoms with E-state index in [2.05, 4.69) is 5.32 Å². The number of anilines is 1. The summed E-state index contributed by atoms with van der Waals surface area (Å²) in [4.78, 5) is 50.5. The molecule has 0 unspecified atom stereocenters. The zero-order valence-corrected chi connectivity index (χ0v) is 15.2. The van der Waals surface area contributed by atoms with Crippen molar-refractivity contribution < 1.29 is 23.9 Å². The van der Waals surface area contributed by atoms with E-state index in [0.29, 0.717) is 5.69 Å². The third kappa shape index (κ3) is 3.26. The Morgan fingerprint density at radius 1 is 1.07 bits per heavy atom. The first-order valence-electron chi connectivity index (χ1n) is 9.00. The molecular formula is C21H18N2O5. The second kappa shape index (κ2) is 6.92. The maximum absolute atomic E-state index is 12.8. The van der Waals surface area contributed by atoms with E-state index in [1.165, 1.54) is 18.2 Å². The molecule has 142 valence electrons. The summed E-state index contributed by atoms with van der Waals surface area (Å²) >= 11 is 0. The first-order chi connectivity index (χ1) is 13.5. The van der Waals surface area contributed by atoms with E-state index >= 15 is 0 Å². The van der Waals surface area contributed by atoms with Gasteiger partial charge in [0.05, 0.1) is 22.4 Å². The monoisotopic (exact) mass is 378 g/mol. The fourth-order valence-corrected chi connectivity index (χ4v) is 3.11. The van der Waals surface area contributed by atoms with Gasteiger partial charge in [-0.15, -0.1) is 0 Å². The van der Waals surface area contributed by atoms with Crippen molar-refractivity contribution >= 4 is 29.4 Å². The molecule has 1 heterocycles. The van der Waals surface area contributed by atoms with E-state index < -0.39 is 17.8 Å². The van der Waals surface area contributed by atoms with Crippen LogP contribution in [-0.4, -0.2) is 36.3 Å². The lowest BCUT2D eigenvalue weighted by molar-refractivity contribution is -0.124. The van der Waals surface area contributed by atoms with Crippen LogP contribution in [0.3, 0.4) is 0 Å². The maximum Gasteiger partial charge on any atom is 0.338 e. The summed E-state index contributed by atoms with van der Waals surface area (Å²) in [6.45, 7) is 1.43. The molecule has 7 heteroatoms. The summed E-state index contributed by atoms with van der Waals surface area (Å²) in [5.41, 5.74) is 1.79. The summed E-state index contributed by atoms with van der Waals surface area (Å²) < 4.78 is 5.01. The Bertz CT molecular complexity index is 1010. The summed E-state index contributed by atoms with van der Waals surface area (Å²) in [6.07, 6.45) is 1.88. The molecule has 0 aromatic heterocycles. The molecule has 1 N–H and O–H groups in total. The molecule has 1 aliphatic heterocycles. The van der Waals surface area contributed by atoms with Crippen molar-refractivity contribution in [2.75, 3.05) is 11.5 Å². The quantitative estimate of drug-likeness (QED) is 0.636. The van der Waals surface area contributed by atoms with Gasteiger partial charge in [-0.25, -0.2) is 9.69 Å². The van der Waals surface area contributed by atoms with Crippen LogP contribution in [0, 0.1) is 6.92 Å². The van der Waals surface area contributed by atoms with Crippen LogP contribution in [0.5, 0.6) is 0 Å². The Balaban J connectivity index is 1.52. The maximum atomic E-state index is 12.8. The Kier molecular flexibility index (Phi) is 4.43. The zero-order chi connectivity index (χ0) is 19.8. The van der Waals surface area contributed by atoms with Gasteiger partial charge in [-0.3, -0.25) is 14.4 Å². The smallest absolute Gasteiger partial charge is 0.338 e. The number of imide groups is 1. The normalized spacial score (nSPS) is 15.4. The molecule has 2 aliphatic rings. The summed E-state index contributed by atoms with van der Waals surface area (Å²) in [6, 6.07) is 11.5. The fourth-order valence-electron chi connectivity index (χ4n) is 3.11. The van der Waals surface area contributed by atoms with Gasteiger partial charge in [-0.1, -0.05) is 18.2 Å². The van der Waals surface area contributed by atoms with Gasteiger partial charge in [0.15, 0.2) is 6.61 Å². The van der Waals surface area contributed by atoms with Crippen LogP contribution < -0.4 is 10.2 Å². The molecule has 0 saturated heterocycles. The molecule has 0 atom stereocenters. The highest BCUT2D eigenvalue weighted by Gasteiger charge is 2.37. The zero-order valence-electron chi connectivity index (χ0n) is 15.2. The van der Waals surface area contributed by atoms with E-state index in [9.17, 15) is 19.2 Å². The van der Waals surface area contributed by atoms with E-state index in [1.54, 1.807) is 12.1 Å². The van der Waals surface area contributed by atoms with Crippen LogP contribution in [0.1, 0.15) is 49.5 Å². The predicted molar refractivity (Wildman–Crippen MR) is 100 cm³/mol. The highest BCUT2D eigenvalue weighted by Crippen LogP contribution is 2.31. The van der Waals surface area contributed by atoms with Crippen molar-refractivity contribution in [1.29, 1.82) is 0 Å². The summed E-state index contributed by atoms with van der Waals surface area (Å²) in [5.74, 6) is -1.99. The molecule has 1 aliphatic carbocycles. The van der Waals surface area contributed by atoms with Crippen molar-refractivity contribution in [2.45, 2.75) is 25.8 Å². The van der Waals surface area contributed by atoms with Crippen molar-refractivity contribution in [1.82, 2.24) is 5.32 Å². The minimum absolute atomic E-state index is 0.116. The first kappa shape index (κ1) is 17.9. The highest BCUT2D eigenvalue weighted by atomic mass is 16.5. The molecule has 3 amide bonds. The molecule has 4 rings (SSSR count). The number of carbonyl (C=O) groups excluding carboxylic acids is 4. The molecule has 1 saturated carbocycles. The number of carbonyl (C=O) groups is 4. The van der Waals surface area contributed by atoms with Gasteiger partial charge in [-0.05, 0) is 49.6 Å². The number of aryl methyl sites for hydroxylation is 1. The Morgan fingerprint density at radius 2 is 1.79 bits per heavy atom. The molecule has 1 fully saturated rings. The van der Waals surface area contributed by atoms with E-state index in [4.69, 9.17) is 4.74 Å². The van der Waals surface area contributed by atoms with Gasteiger partial charge in [0.2, 0.25) is 0 Å². The van der Waals surface area contributed by atoms with Crippen LogP contribution in [0.25, 0.3) is 0 Å². The SMILES string of the molecule is Cc1ccccc1N1C(=O)c2ccc(C(=O)OCC(=O)NC3CC3)cc2C1=O. The fraction of sp³-hybridized carbons (Fsp3) is 0.238. The molecule has 2 aromatic carbocycles. The topological polar surface area (TPSA) is 92.8 Å². The van der Waals surface area contributed by atoms with E-state index in [0.717, 1.165) is 23.3 Å². The lowest BCUT2D eigenvalue weighted by Gasteiger charge is -2.16. The lowest BCUT2D eigenvalue weighted by Crippen LogP contribution is -2.30. The molecule has 0 spiro atoms. The average molecular weight is 378 g/mol. The number of benzene rings is 2. The van der Waals surface area contributed by atoms with Crippen molar-refractivity contribution in [3.05, 3.63) is 64.7 Å². The predicted octanol–water partition coefficient (Wildman–Crippen LogP) is 2.23. The molecule has 0 radical (unpaired) electrons. The third-order valence-electron chi connectivity index (χ3n) is 4.76. The number of nitrogens with zero attached hydrogens (tertiary/aromatic N) is 1. The van der Waals surface area contributed by atoms with Gasteiger partial charge in [0, 0.05) is 6.04 Å². The van der Waals surface area contributed by atoms with Gasteiger partial charge in [-0.2, -0.15) is 0 Å². The van der Waals surface area contributed by atoms with Gasteiger partial charge in [0.25, 0.3) is 17.7 Å². The summed E-state index contributed by atoms with van der Waals surface area (Å²) in [5, 5.41) is 2.72. The molecule has 28 heavy (non-hydrogen) atoms. The second-order valence-electron chi connectivity index (χ2n) is 6.91. The number of amides is 3. The first-order valence-corrected chi connectivity index (χ1v) is 9.00. The van der Waals surface area contributed by atoms with E-state index in [-0.39, 0.29) is 35.2 Å². The van der Waals surface area contributed by atoms with Crippen molar-refractivity contribution in [3.8, 4) is 0 Å². The molecule has 0 bridgehead atoms. The Morgan fingerprint density at radius 3 is 2.50 bits per heavy atom. The van der Waals surface area contributed by atoms with Crippen LogP contribution >= 0.6 is 0 Å². The standard InChI is InChI=1S/C21H18N2O5/c1-12-4-2-3-5-17(12)23-19(25)15-9-6-13(10-16(15)20(23)26)21(27)28-11-18(24)22-14-7-8-14/h2-6,9-10,14H,7-8,11H2,1H3,(H,22,24). The van der Waals surface area contributed by atoms with Gasteiger partial charge >= 0.3 is 5.97 Å². The van der Waals surface area contributed by atoms with Crippen molar-refractivity contribution in [3.63, 3.8) is 0 Å². The number of para-hydroxylation sites is 1. The summed E-state index contributed by atoms with van der Waals surface area (Å²) in [7, 11) is 0. The number of rotatable bonds is 5. The van der Waals surface area contributed by atoms with Gasteiger partial charge < -0.3 is 10.1 Å². The Labute approximate surface area is 161 Å². The minimum Gasteiger partial charge on any atom is -0.452 e. The van der Waals surface area contributed by atoms with Crippen LogP contribution in [0.15, 0.2) is 42.5 Å². The largest absolute Gasteiger partial charge is 0.452 e. The highest BCUT2D eigenvalue weighted by molar-refractivity contribution is 6.34. The van der Waals surface area contributed by atoms with Crippen LogP contribution in [0.2, 0.25) is 0 Å². The lowest BCUT2D eigenvalue weighted by atomic mass is 10.1. The third-order valence-corrected chi connectivity index (χ3v) is 4.76. The number of hydrogen-bond acceptors (Lipinski definition) is 5. The molecule has 2 aromatic rings. The number of fused-ring (bicyclic) bond motifs is 1.